The van der Waals surface area contributed by atoms with Crippen molar-refractivity contribution in [2.24, 2.45) is 0 Å². The van der Waals surface area contributed by atoms with Gasteiger partial charge in [0.1, 0.15) is 11.8 Å². The Kier molecular flexibility index (Phi) is 4.24. The predicted octanol–water partition coefficient (Wildman–Crippen LogP) is 1.01. The van der Waals surface area contributed by atoms with Crippen LogP contribution in [0.3, 0.4) is 0 Å². The number of benzene rings is 1. The third-order valence-corrected chi connectivity index (χ3v) is 3.15. The molecule has 1 aromatic heterocycles. The van der Waals surface area contributed by atoms with E-state index in [9.17, 15) is 9.59 Å². The highest BCUT2D eigenvalue weighted by molar-refractivity contribution is 5.90. The van der Waals surface area contributed by atoms with E-state index in [1.807, 2.05) is 18.2 Å². The van der Waals surface area contributed by atoms with Gasteiger partial charge < -0.3 is 19.8 Å². The van der Waals surface area contributed by atoms with Crippen molar-refractivity contribution < 1.29 is 19.1 Å². The van der Waals surface area contributed by atoms with E-state index < -0.39 is 12.0 Å². The molecule has 106 valence electrons. The highest BCUT2D eigenvalue weighted by Gasteiger charge is 2.21. The Balaban J connectivity index is 2.37. The van der Waals surface area contributed by atoms with Gasteiger partial charge >= 0.3 is 5.97 Å². The van der Waals surface area contributed by atoms with Crippen LogP contribution in [0.2, 0.25) is 0 Å². The van der Waals surface area contributed by atoms with Gasteiger partial charge in [-0.1, -0.05) is 6.07 Å². The van der Waals surface area contributed by atoms with Crippen molar-refractivity contribution in [1.82, 2.24) is 10.3 Å². The second-order valence-corrected chi connectivity index (χ2v) is 4.26. The summed E-state index contributed by atoms with van der Waals surface area (Å²) in [7, 11) is 2.88. The zero-order valence-corrected chi connectivity index (χ0v) is 11.3. The molecule has 1 aromatic carbocycles. The van der Waals surface area contributed by atoms with E-state index in [1.54, 1.807) is 13.3 Å². The van der Waals surface area contributed by atoms with Crippen LogP contribution in [-0.2, 0) is 20.7 Å². The Hall–Kier alpha value is -2.50. The molecule has 1 unspecified atom stereocenters. The van der Waals surface area contributed by atoms with Gasteiger partial charge in [-0.25, -0.2) is 4.79 Å². The van der Waals surface area contributed by atoms with E-state index in [-0.39, 0.29) is 0 Å². The predicted molar refractivity (Wildman–Crippen MR) is 73.6 cm³/mol. The number of esters is 1. The topological polar surface area (TPSA) is 80.4 Å². The maximum absolute atomic E-state index is 11.6. The van der Waals surface area contributed by atoms with E-state index >= 15 is 0 Å². The van der Waals surface area contributed by atoms with E-state index in [2.05, 4.69) is 15.0 Å². The summed E-state index contributed by atoms with van der Waals surface area (Å²) < 4.78 is 10.0. The number of carbonyl (C=O) groups excluding carboxylic acids is 2. The van der Waals surface area contributed by atoms with E-state index in [0.29, 0.717) is 18.6 Å². The Labute approximate surface area is 116 Å². The summed E-state index contributed by atoms with van der Waals surface area (Å²) in [5.41, 5.74) is 1.79. The molecule has 0 saturated heterocycles. The first-order valence-electron chi connectivity index (χ1n) is 6.11. The number of methoxy groups -OCH3 is 2. The van der Waals surface area contributed by atoms with Gasteiger partial charge in [0, 0.05) is 23.5 Å². The molecule has 6 heteroatoms. The normalized spacial score (nSPS) is 11.9. The summed E-state index contributed by atoms with van der Waals surface area (Å²) in [4.78, 5) is 25.4. The van der Waals surface area contributed by atoms with Gasteiger partial charge in [-0.05, 0) is 17.7 Å². The van der Waals surface area contributed by atoms with Crippen molar-refractivity contribution >= 4 is 23.3 Å². The fraction of sp³-hybridized carbons (Fsp3) is 0.286. The minimum Gasteiger partial charge on any atom is -0.496 e. The first-order chi connectivity index (χ1) is 9.71. The molecule has 0 aliphatic rings. The fourth-order valence-electron chi connectivity index (χ4n) is 2.21. The molecule has 2 rings (SSSR count). The summed E-state index contributed by atoms with van der Waals surface area (Å²) >= 11 is 0. The average molecular weight is 276 g/mol. The Morgan fingerprint density at radius 1 is 1.45 bits per heavy atom. The van der Waals surface area contributed by atoms with Gasteiger partial charge in [0.25, 0.3) is 0 Å². The summed E-state index contributed by atoms with van der Waals surface area (Å²) in [6.07, 6.45) is 2.62. The molecule has 1 heterocycles. The van der Waals surface area contributed by atoms with Gasteiger partial charge in [-0.15, -0.1) is 0 Å². The lowest BCUT2D eigenvalue weighted by molar-refractivity contribution is -0.144. The van der Waals surface area contributed by atoms with Gasteiger partial charge in [0.05, 0.1) is 14.2 Å². The Bertz CT molecular complexity index is 621. The van der Waals surface area contributed by atoms with Crippen LogP contribution in [0.25, 0.3) is 10.9 Å². The van der Waals surface area contributed by atoms with E-state index in [0.717, 1.165) is 16.5 Å². The van der Waals surface area contributed by atoms with Gasteiger partial charge in [-0.2, -0.15) is 0 Å². The molecule has 0 saturated carbocycles. The lowest BCUT2D eigenvalue weighted by Gasteiger charge is -2.13. The average Bonchev–Trinajstić information content (AvgIpc) is 2.89. The second kappa shape index (κ2) is 6.10. The minimum atomic E-state index is -0.721. The number of hydrogen-bond acceptors (Lipinski definition) is 4. The van der Waals surface area contributed by atoms with Crippen molar-refractivity contribution in [3.8, 4) is 5.75 Å². The van der Waals surface area contributed by atoms with E-state index in [1.165, 1.54) is 7.11 Å². The molecule has 0 radical (unpaired) electrons. The van der Waals surface area contributed by atoms with Crippen LogP contribution in [0.15, 0.2) is 24.4 Å². The number of carbonyl (C=O) groups is 2. The van der Waals surface area contributed by atoms with Crippen molar-refractivity contribution in [1.29, 1.82) is 0 Å². The highest BCUT2D eigenvalue weighted by atomic mass is 16.5. The number of rotatable bonds is 6. The molecule has 20 heavy (non-hydrogen) atoms. The maximum atomic E-state index is 11.6. The molecular formula is C14H16N2O4. The first-order valence-corrected chi connectivity index (χ1v) is 6.11. The Morgan fingerprint density at radius 2 is 2.25 bits per heavy atom. The number of hydrogen-bond donors (Lipinski definition) is 2. The van der Waals surface area contributed by atoms with Crippen LogP contribution in [0.1, 0.15) is 5.56 Å². The second-order valence-electron chi connectivity index (χ2n) is 4.26. The first kappa shape index (κ1) is 13.9. The lowest BCUT2D eigenvalue weighted by Crippen LogP contribution is -2.38. The summed E-state index contributed by atoms with van der Waals surface area (Å²) in [6, 6.07) is 4.92. The molecule has 0 fully saturated rings. The van der Waals surface area contributed by atoms with Gasteiger partial charge in [0.2, 0.25) is 6.41 Å². The molecule has 1 amide bonds. The number of aromatic amines is 1. The summed E-state index contributed by atoms with van der Waals surface area (Å²) in [5, 5.41) is 3.36. The number of aromatic nitrogens is 1. The summed E-state index contributed by atoms with van der Waals surface area (Å²) in [6.45, 7) is 0. The standard InChI is InChI=1S/C14H16N2O4/c1-19-12-5-3-4-10-13(12)9(7-15-10)6-11(16-8-17)14(18)20-2/h3-5,7-8,11,15H,6H2,1-2H3,(H,16,17). The molecule has 2 aromatic rings. The molecule has 0 aliphatic carbocycles. The monoisotopic (exact) mass is 276 g/mol. The molecular weight excluding hydrogens is 260 g/mol. The van der Waals surface area contributed by atoms with Gasteiger partial charge in [0.15, 0.2) is 0 Å². The molecule has 1 atom stereocenters. The van der Waals surface area contributed by atoms with Crippen molar-refractivity contribution in [2.75, 3.05) is 14.2 Å². The van der Waals surface area contributed by atoms with Gasteiger partial charge in [-0.3, -0.25) is 4.79 Å². The van der Waals surface area contributed by atoms with Crippen LogP contribution in [-0.4, -0.2) is 37.6 Å². The maximum Gasteiger partial charge on any atom is 0.328 e. The number of nitrogens with one attached hydrogen (secondary N) is 2. The number of fused-ring (bicyclic) bond motifs is 1. The zero-order valence-electron chi connectivity index (χ0n) is 11.3. The number of amides is 1. The minimum absolute atomic E-state index is 0.325. The van der Waals surface area contributed by atoms with Crippen LogP contribution >= 0.6 is 0 Å². The highest BCUT2D eigenvalue weighted by Crippen LogP contribution is 2.29. The third kappa shape index (κ3) is 2.59. The van der Waals surface area contributed by atoms with Crippen LogP contribution in [0.5, 0.6) is 5.75 Å². The molecule has 0 aliphatic heterocycles. The van der Waals surface area contributed by atoms with Crippen molar-refractivity contribution in [2.45, 2.75) is 12.5 Å². The molecule has 0 spiro atoms. The smallest absolute Gasteiger partial charge is 0.328 e. The Morgan fingerprint density at radius 3 is 2.90 bits per heavy atom. The van der Waals surface area contributed by atoms with Crippen molar-refractivity contribution in [3.63, 3.8) is 0 Å². The lowest BCUT2D eigenvalue weighted by atomic mass is 10.0. The number of ether oxygens (including phenoxy) is 2. The molecule has 6 nitrogen and oxygen atoms in total. The number of H-pyrrole nitrogens is 1. The molecule has 0 bridgehead atoms. The quantitative estimate of drug-likeness (QED) is 0.609. The fourth-order valence-corrected chi connectivity index (χ4v) is 2.21. The zero-order chi connectivity index (χ0) is 14.5. The largest absolute Gasteiger partial charge is 0.496 e. The van der Waals surface area contributed by atoms with Crippen LogP contribution in [0.4, 0.5) is 0 Å². The third-order valence-electron chi connectivity index (χ3n) is 3.15. The van der Waals surface area contributed by atoms with Crippen LogP contribution < -0.4 is 10.1 Å². The molecule has 2 N–H and O–H groups in total. The summed E-state index contributed by atoms with van der Waals surface area (Å²) in [5.74, 6) is 0.231. The van der Waals surface area contributed by atoms with E-state index in [4.69, 9.17) is 4.74 Å². The van der Waals surface area contributed by atoms with Crippen molar-refractivity contribution in [3.05, 3.63) is 30.0 Å². The van der Waals surface area contributed by atoms with Crippen LogP contribution in [0, 0.1) is 0 Å². The SMILES string of the molecule is COC(=O)C(Cc1c[nH]c2cccc(OC)c12)NC=O.